The third-order valence-corrected chi connectivity index (χ3v) is 7.72. The summed E-state index contributed by atoms with van der Waals surface area (Å²) in [5, 5.41) is 5.09. The molecule has 1 N–H and O–H groups in total. The van der Waals surface area contributed by atoms with Crippen molar-refractivity contribution in [1.82, 2.24) is 15.2 Å². The van der Waals surface area contributed by atoms with Crippen molar-refractivity contribution in [1.29, 1.82) is 0 Å². The molecule has 10 nitrogen and oxygen atoms in total. The van der Waals surface area contributed by atoms with Crippen LogP contribution in [0.2, 0.25) is 0 Å². The van der Waals surface area contributed by atoms with E-state index in [-0.39, 0.29) is 42.7 Å². The van der Waals surface area contributed by atoms with Gasteiger partial charge in [-0.3, -0.25) is 14.4 Å². The van der Waals surface area contributed by atoms with Crippen LogP contribution < -0.4 is 5.32 Å². The third-order valence-electron chi connectivity index (χ3n) is 6.79. The summed E-state index contributed by atoms with van der Waals surface area (Å²) in [6.45, 7) is 16.1. The Morgan fingerprint density at radius 1 is 1.09 bits per heavy atom. The van der Waals surface area contributed by atoms with E-state index in [1.54, 1.807) is 40.1 Å². The van der Waals surface area contributed by atoms with E-state index in [4.69, 9.17) is 14.2 Å². The Labute approximate surface area is 265 Å². The lowest BCUT2D eigenvalue weighted by molar-refractivity contribution is -0.148. The largest absolute Gasteiger partial charge is 0.461 e. The number of hydrogen-bond acceptors (Lipinski definition) is 9. The molecule has 2 rings (SSSR count). The molecular formula is C33H47N3O7S. The summed E-state index contributed by atoms with van der Waals surface area (Å²) in [5.41, 5.74) is 0.512. The summed E-state index contributed by atoms with van der Waals surface area (Å²) in [4.78, 5) is 56.8. The van der Waals surface area contributed by atoms with E-state index < -0.39 is 35.6 Å². The molecule has 242 valence electrons. The highest BCUT2D eigenvalue weighted by molar-refractivity contribution is 7.09. The Morgan fingerprint density at radius 2 is 1.75 bits per heavy atom. The Hall–Kier alpha value is -3.73. The fourth-order valence-electron chi connectivity index (χ4n) is 4.66. The first-order chi connectivity index (χ1) is 20.6. The van der Waals surface area contributed by atoms with Crippen LogP contribution in [-0.2, 0) is 30.2 Å². The zero-order valence-corrected chi connectivity index (χ0v) is 27.9. The minimum atomic E-state index is -0.781. The Bertz CT molecular complexity index is 1260. The van der Waals surface area contributed by atoms with Gasteiger partial charge in [0.05, 0.1) is 5.92 Å². The van der Waals surface area contributed by atoms with Crippen LogP contribution in [-0.4, -0.2) is 65.2 Å². The number of carbonyl (C=O) groups is 4. The number of esters is 2. The van der Waals surface area contributed by atoms with Gasteiger partial charge in [-0.15, -0.1) is 11.3 Å². The zero-order chi connectivity index (χ0) is 33.0. The van der Waals surface area contributed by atoms with Crippen molar-refractivity contribution in [2.24, 2.45) is 11.8 Å². The van der Waals surface area contributed by atoms with Crippen molar-refractivity contribution < 1.29 is 33.4 Å². The van der Waals surface area contributed by atoms with Gasteiger partial charge in [-0.2, -0.15) is 0 Å². The van der Waals surface area contributed by atoms with Crippen LogP contribution in [0.15, 0.2) is 48.4 Å². The van der Waals surface area contributed by atoms with Crippen molar-refractivity contribution in [3.63, 3.8) is 0 Å². The summed E-state index contributed by atoms with van der Waals surface area (Å²) >= 11 is 1.20. The van der Waals surface area contributed by atoms with Crippen LogP contribution in [0.1, 0.15) is 88.5 Å². The van der Waals surface area contributed by atoms with E-state index in [0.29, 0.717) is 17.8 Å². The minimum Gasteiger partial charge on any atom is -0.461 e. The minimum absolute atomic E-state index is 0.00668. The SMILES string of the molecule is C=CCOC(=O)C(C)C[C@H](Cc1ccccc1)NC(=O)c1csc([C@H](C[C@H](C(C)C)N(C)C(=O)OC(C)(C)C)OC(C)=O)n1. The second-order valence-electron chi connectivity index (χ2n) is 12.2. The molecule has 0 fully saturated rings. The first-order valence-electron chi connectivity index (χ1n) is 14.8. The maximum absolute atomic E-state index is 13.4. The van der Waals surface area contributed by atoms with Crippen LogP contribution >= 0.6 is 11.3 Å². The van der Waals surface area contributed by atoms with E-state index in [1.807, 2.05) is 44.2 Å². The van der Waals surface area contributed by atoms with Crippen molar-refractivity contribution in [3.05, 3.63) is 64.6 Å². The van der Waals surface area contributed by atoms with E-state index in [2.05, 4.69) is 16.9 Å². The van der Waals surface area contributed by atoms with E-state index in [9.17, 15) is 19.2 Å². The molecule has 0 aliphatic rings. The van der Waals surface area contributed by atoms with Crippen LogP contribution in [0.25, 0.3) is 0 Å². The summed E-state index contributed by atoms with van der Waals surface area (Å²) in [6, 6.07) is 8.96. The van der Waals surface area contributed by atoms with Gasteiger partial charge in [-0.05, 0) is 45.1 Å². The fraction of sp³-hybridized carbons (Fsp3) is 0.545. The number of aromatic nitrogens is 1. The molecule has 0 aliphatic heterocycles. The molecule has 1 unspecified atom stereocenters. The number of thiazole rings is 1. The topological polar surface area (TPSA) is 124 Å². The molecule has 1 aromatic heterocycles. The molecule has 0 saturated heterocycles. The summed E-state index contributed by atoms with van der Waals surface area (Å²) in [5.74, 6) is -1.73. The lowest BCUT2D eigenvalue weighted by Gasteiger charge is -2.34. The Morgan fingerprint density at radius 3 is 2.32 bits per heavy atom. The maximum atomic E-state index is 13.4. The molecule has 11 heteroatoms. The molecular weight excluding hydrogens is 582 g/mol. The molecule has 0 saturated carbocycles. The van der Waals surface area contributed by atoms with Crippen molar-refractivity contribution >= 4 is 35.3 Å². The second kappa shape index (κ2) is 16.9. The lowest BCUT2D eigenvalue weighted by Crippen LogP contribution is -2.44. The lowest BCUT2D eigenvalue weighted by atomic mass is 9.96. The highest BCUT2D eigenvalue weighted by Gasteiger charge is 2.33. The number of ether oxygens (including phenoxy) is 3. The van der Waals surface area contributed by atoms with Gasteiger partial charge in [-0.25, -0.2) is 9.78 Å². The summed E-state index contributed by atoms with van der Waals surface area (Å²) in [7, 11) is 1.66. The van der Waals surface area contributed by atoms with E-state index >= 15 is 0 Å². The second-order valence-corrected chi connectivity index (χ2v) is 13.1. The Balaban J connectivity index is 2.26. The Kier molecular flexibility index (Phi) is 14.0. The molecule has 2 aromatic rings. The van der Waals surface area contributed by atoms with Gasteiger partial charge in [0.15, 0.2) is 6.10 Å². The predicted molar refractivity (Wildman–Crippen MR) is 170 cm³/mol. The number of rotatable bonds is 15. The predicted octanol–water partition coefficient (Wildman–Crippen LogP) is 6.13. The molecule has 1 aromatic carbocycles. The van der Waals surface area contributed by atoms with Gasteiger partial charge >= 0.3 is 18.0 Å². The molecule has 0 bridgehead atoms. The molecule has 0 radical (unpaired) electrons. The highest BCUT2D eigenvalue weighted by atomic mass is 32.1. The van der Waals surface area contributed by atoms with Gasteiger partial charge in [0, 0.05) is 37.9 Å². The maximum Gasteiger partial charge on any atom is 0.410 e. The molecule has 4 atom stereocenters. The van der Waals surface area contributed by atoms with E-state index in [1.165, 1.54) is 29.2 Å². The van der Waals surface area contributed by atoms with Gasteiger partial charge in [0.2, 0.25) is 0 Å². The van der Waals surface area contributed by atoms with E-state index in [0.717, 1.165) is 5.56 Å². The average molecular weight is 630 g/mol. The van der Waals surface area contributed by atoms with Crippen LogP contribution in [0, 0.1) is 11.8 Å². The number of amides is 2. The van der Waals surface area contributed by atoms with Crippen LogP contribution in [0.4, 0.5) is 4.79 Å². The summed E-state index contributed by atoms with van der Waals surface area (Å²) < 4.78 is 16.4. The summed E-state index contributed by atoms with van der Waals surface area (Å²) in [6.07, 6.45) is 1.38. The van der Waals surface area contributed by atoms with Gasteiger partial charge in [-0.1, -0.05) is 63.8 Å². The molecule has 0 spiro atoms. The quantitative estimate of drug-likeness (QED) is 0.142. The molecule has 1 heterocycles. The normalized spacial score (nSPS) is 14.1. The van der Waals surface area contributed by atoms with Crippen LogP contribution in [0.3, 0.4) is 0 Å². The standard InChI is InChI=1S/C33H47N3O7S/c1-10-16-41-31(39)22(4)17-25(18-24-14-12-11-13-15-24)34-29(38)26-20-44-30(35-26)28(42-23(5)37)19-27(21(2)3)36(9)32(40)43-33(6,7)8/h10-15,20-22,25,27-28H,1,16-19H2,2-9H3,(H,34,38)/t22?,25-,27-,28+/m1/s1. The number of nitrogens with one attached hydrogen (secondary N) is 1. The van der Waals surface area contributed by atoms with Crippen molar-refractivity contribution in [2.45, 2.75) is 91.5 Å². The number of benzene rings is 1. The number of nitrogens with zero attached hydrogens (tertiary/aromatic N) is 2. The van der Waals surface area contributed by atoms with Crippen LogP contribution in [0.5, 0.6) is 0 Å². The number of hydrogen-bond donors (Lipinski definition) is 1. The van der Waals surface area contributed by atoms with Crippen molar-refractivity contribution in [2.75, 3.05) is 13.7 Å². The first kappa shape index (κ1) is 36.5. The first-order valence-corrected chi connectivity index (χ1v) is 15.7. The molecule has 2 amide bonds. The van der Waals surface area contributed by atoms with Gasteiger partial charge in [0.1, 0.15) is 22.9 Å². The monoisotopic (exact) mass is 629 g/mol. The van der Waals surface area contributed by atoms with Gasteiger partial charge in [0.25, 0.3) is 5.91 Å². The van der Waals surface area contributed by atoms with Crippen molar-refractivity contribution in [3.8, 4) is 0 Å². The molecule has 44 heavy (non-hydrogen) atoms. The number of carbonyl (C=O) groups excluding carboxylic acids is 4. The fourth-order valence-corrected chi connectivity index (χ4v) is 5.50. The average Bonchev–Trinajstić information content (AvgIpc) is 3.43. The highest BCUT2D eigenvalue weighted by Crippen LogP contribution is 2.31. The molecule has 0 aliphatic carbocycles. The smallest absolute Gasteiger partial charge is 0.410 e. The van der Waals surface area contributed by atoms with Gasteiger partial charge < -0.3 is 24.4 Å². The zero-order valence-electron chi connectivity index (χ0n) is 27.1. The third kappa shape index (κ3) is 12.1.